The SMILES string of the molecule is CC(C)C1C(F)CC(F)CC[C@H]1C. The third-order valence-electron chi connectivity index (χ3n) is 3.26. The van der Waals surface area contributed by atoms with Crippen LogP contribution in [0.2, 0.25) is 0 Å². The second kappa shape index (κ2) is 4.39. The molecule has 1 saturated carbocycles. The minimum atomic E-state index is -0.937. The largest absolute Gasteiger partial charge is 0.247 e. The molecule has 0 radical (unpaired) electrons. The summed E-state index contributed by atoms with van der Waals surface area (Å²) in [5.41, 5.74) is 0. The van der Waals surface area contributed by atoms with Gasteiger partial charge in [0.05, 0.1) is 0 Å². The number of halogens is 2. The smallest absolute Gasteiger partial charge is 0.106 e. The van der Waals surface area contributed by atoms with E-state index in [1.165, 1.54) is 0 Å². The fourth-order valence-corrected chi connectivity index (χ4v) is 2.59. The Bertz CT molecular complexity index is 156. The molecular formula is C11H20F2. The van der Waals surface area contributed by atoms with Gasteiger partial charge < -0.3 is 0 Å². The highest BCUT2D eigenvalue weighted by molar-refractivity contribution is 4.83. The minimum Gasteiger partial charge on any atom is -0.247 e. The summed E-state index contributed by atoms with van der Waals surface area (Å²) in [6.45, 7) is 6.12. The number of rotatable bonds is 1. The van der Waals surface area contributed by atoms with Crippen LogP contribution in [-0.2, 0) is 0 Å². The zero-order valence-corrected chi connectivity index (χ0v) is 8.76. The summed E-state index contributed by atoms with van der Waals surface area (Å²) in [5, 5.41) is 0. The number of hydrogen-bond acceptors (Lipinski definition) is 0. The Kier molecular flexibility index (Phi) is 3.69. The van der Waals surface area contributed by atoms with Crippen molar-refractivity contribution in [3.63, 3.8) is 0 Å². The molecule has 1 aliphatic rings. The first kappa shape index (κ1) is 10.9. The summed E-state index contributed by atoms with van der Waals surface area (Å²) < 4.78 is 26.7. The third-order valence-corrected chi connectivity index (χ3v) is 3.26. The van der Waals surface area contributed by atoms with Crippen molar-refractivity contribution in [3.05, 3.63) is 0 Å². The van der Waals surface area contributed by atoms with Crippen LogP contribution in [0.15, 0.2) is 0 Å². The molecule has 0 bridgehead atoms. The van der Waals surface area contributed by atoms with Gasteiger partial charge in [-0.15, -0.1) is 0 Å². The standard InChI is InChI=1S/C11H20F2/c1-7(2)11-8(3)4-5-9(12)6-10(11)13/h7-11H,4-6H2,1-3H3/t8-,9?,10?,11?/m1/s1. The molecule has 2 heteroatoms. The van der Waals surface area contributed by atoms with Crippen LogP contribution in [0.1, 0.15) is 40.0 Å². The molecule has 0 N–H and O–H groups in total. The lowest BCUT2D eigenvalue weighted by Gasteiger charge is -2.27. The van der Waals surface area contributed by atoms with Crippen molar-refractivity contribution in [2.45, 2.75) is 52.4 Å². The Morgan fingerprint density at radius 2 is 1.77 bits per heavy atom. The second-order valence-electron chi connectivity index (χ2n) is 4.72. The molecule has 0 aromatic heterocycles. The van der Waals surface area contributed by atoms with E-state index in [-0.39, 0.29) is 12.3 Å². The molecule has 0 saturated heterocycles. The van der Waals surface area contributed by atoms with Crippen molar-refractivity contribution in [1.29, 1.82) is 0 Å². The normalized spacial score (nSPS) is 42.0. The molecule has 0 heterocycles. The van der Waals surface area contributed by atoms with Gasteiger partial charge in [-0.1, -0.05) is 20.8 Å². The van der Waals surface area contributed by atoms with Gasteiger partial charge in [-0.3, -0.25) is 0 Å². The van der Waals surface area contributed by atoms with E-state index in [1.807, 2.05) is 13.8 Å². The lowest BCUT2D eigenvalue weighted by atomic mass is 9.80. The molecule has 13 heavy (non-hydrogen) atoms. The van der Waals surface area contributed by atoms with Crippen molar-refractivity contribution in [2.75, 3.05) is 0 Å². The molecule has 0 spiro atoms. The lowest BCUT2D eigenvalue weighted by Crippen LogP contribution is -2.27. The molecule has 0 nitrogen and oxygen atoms in total. The predicted octanol–water partition coefficient (Wildman–Crippen LogP) is 3.75. The van der Waals surface area contributed by atoms with Crippen molar-refractivity contribution >= 4 is 0 Å². The summed E-state index contributed by atoms with van der Waals surface area (Å²) >= 11 is 0. The van der Waals surface area contributed by atoms with Gasteiger partial charge in [-0.25, -0.2) is 8.78 Å². The Balaban J connectivity index is 2.67. The van der Waals surface area contributed by atoms with E-state index < -0.39 is 12.3 Å². The van der Waals surface area contributed by atoms with E-state index in [0.29, 0.717) is 18.3 Å². The average Bonchev–Trinajstić information content (AvgIpc) is 2.10. The van der Waals surface area contributed by atoms with Gasteiger partial charge in [0.25, 0.3) is 0 Å². The summed E-state index contributed by atoms with van der Waals surface area (Å²) in [5.74, 6) is 0.715. The Hall–Kier alpha value is -0.140. The quantitative estimate of drug-likeness (QED) is 0.552. The molecular weight excluding hydrogens is 170 g/mol. The van der Waals surface area contributed by atoms with Crippen molar-refractivity contribution < 1.29 is 8.78 Å². The van der Waals surface area contributed by atoms with Crippen molar-refractivity contribution in [1.82, 2.24) is 0 Å². The number of alkyl halides is 2. The van der Waals surface area contributed by atoms with Crippen LogP contribution in [-0.4, -0.2) is 12.3 Å². The van der Waals surface area contributed by atoms with Crippen LogP contribution in [0.4, 0.5) is 8.78 Å². The summed E-state index contributed by atoms with van der Waals surface area (Å²) in [4.78, 5) is 0. The Labute approximate surface area is 79.7 Å². The molecule has 0 aromatic carbocycles. The highest BCUT2D eigenvalue weighted by Crippen LogP contribution is 2.36. The predicted molar refractivity (Wildman–Crippen MR) is 51.1 cm³/mol. The van der Waals surface area contributed by atoms with E-state index in [0.717, 1.165) is 6.42 Å². The van der Waals surface area contributed by atoms with Crippen LogP contribution in [0, 0.1) is 17.8 Å². The molecule has 3 unspecified atom stereocenters. The maximum absolute atomic E-state index is 13.6. The Morgan fingerprint density at radius 3 is 2.31 bits per heavy atom. The monoisotopic (exact) mass is 190 g/mol. The molecule has 78 valence electrons. The zero-order chi connectivity index (χ0) is 10.0. The van der Waals surface area contributed by atoms with Gasteiger partial charge in [0.2, 0.25) is 0 Å². The van der Waals surface area contributed by atoms with E-state index in [9.17, 15) is 8.78 Å². The maximum atomic E-state index is 13.6. The second-order valence-corrected chi connectivity index (χ2v) is 4.72. The van der Waals surface area contributed by atoms with Crippen LogP contribution < -0.4 is 0 Å². The molecule has 0 aromatic rings. The summed E-state index contributed by atoms with van der Waals surface area (Å²) in [6, 6.07) is 0. The van der Waals surface area contributed by atoms with Gasteiger partial charge in [0, 0.05) is 6.42 Å². The minimum absolute atomic E-state index is 0.0562. The van der Waals surface area contributed by atoms with Crippen molar-refractivity contribution in [3.8, 4) is 0 Å². The molecule has 1 fully saturated rings. The van der Waals surface area contributed by atoms with E-state index in [4.69, 9.17) is 0 Å². The molecule has 0 amide bonds. The average molecular weight is 190 g/mol. The summed E-state index contributed by atoms with van der Waals surface area (Å²) in [6.07, 6.45) is -0.351. The highest BCUT2D eigenvalue weighted by Gasteiger charge is 2.34. The third kappa shape index (κ3) is 2.65. The molecule has 0 aliphatic heterocycles. The Morgan fingerprint density at radius 1 is 1.15 bits per heavy atom. The van der Waals surface area contributed by atoms with Gasteiger partial charge in [0.15, 0.2) is 0 Å². The van der Waals surface area contributed by atoms with Gasteiger partial charge in [-0.05, 0) is 30.6 Å². The van der Waals surface area contributed by atoms with Crippen LogP contribution in [0.3, 0.4) is 0 Å². The van der Waals surface area contributed by atoms with Crippen LogP contribution in [0.25, 0.3) is 0 Å². The first-order valence-electron chi connectivity index (χ1n) is 5.30. The van der Waals surface area contributed by atoms with E-state index in [1.54, 1.807) is 0 Å². The molecule has 4 atom stereocenters. The first-order chi connectivity index (χ1) is 6.02. The first-order valence-corrected chi connectivity index (χ1v) is 5.30. The zero-order valence-electron chi connectivity index (χ0n) is 8.76. The molecule has 1 rings (SSSR count). The van der Waals surface area contributed by atoms with E-state index >= 15 is 0 Å². The van der Waals surface area contributed by atoms with Gasteiger partial charge in [0.1, 0.15) is 12.3 Å². The van der Waals surface area contributed by atoms with Crippen LogP contribution >= 0.6 is 0 Å². The fraction of sp³-hybridized carbons (Fsp3) is 1.00. The number of hydrogen-bond donors (Lipinski definition) is 0. The summed E-state index contributed by atoms with van der Waals surface area (Å²) in [7, 11) is 0. The highest BCUT2D eigenvalue weighted by atomic mass is 19.1. The lowest BCUT2D eigenvalue weighted by molar-refractivity contribution is 0.118. The van der Waals surface area contributed by atoms with Crippen LogP contribution in [0.5, 0.6) is 0 Å². The maximum Gasteiger partial charge on any atom is 0.106 e. The molecule has 1 aliphatic carbocycles. The topological polar surface area (TPSA) is 0 Å². The van der Waals surface area contributed by atoms with Gasteiger partial charge in [-0.2, -0.15) is 0 Å². The van der Waals surface area contributed by atoms with Gasteiger partial charge >= 0.3 is 0 Å². The van der Waals surface area contributed by atoms with Crippen molar-refractivity contribution in [2.24, 2.45) is 17.8 Å². The fourth-order valence-electron chi connectivity index (χ4n) is 2.59. The van der Waals surface area contributed by atoms with E-state index in [2.05, 4.69) is 6.92 Å².